The van der Waals surface area contributed by atoms with Crippen molar-refractivity contribution in [1.29, 1.82) is 0 Å². The number of carbonyl (C=O) groups is 2. The molecule has 1 aliphatic heterocycles. The van der Waals surface area contributed by atoms with Crippen LogP contribution in [0.5, 0.6) is 5.75 Å². The highest BCUT2D eigenvalue weighted by atomic mass is 32.1. The molecule has 178 valence electrons. The van der Waals surface area contributed by atoms with Gasteiger partial charge in [-0.25, -0.2) is 4.39 Å². The Labute approximate surface area is 198 Å². The first-order valence-electron chi connectivity index (χ1n) is 11.6. The van der Waals surface area contributed by atoms with E-state index in [1.54, 1.807) is 46.4 Å². The Morgan fingerprint density at radius 1 is 1.21 bits per heavy atom. The second kappa shape index (κ2) is 11.1. The summed E-state index contributed by atoms with van der Waals surface area (Å²) < 4.78 is 25.1. The third-order valence-corrected chi connectivity index (χ3v) is 7.55. The molecule has 8 heteroatoms. The Bertz CT molecular complexity index is 959. The predicted molar refractivity (Wildman–Crippen MR) is 125 cm³/mol. The van der Waals surface area contributed by atoms with Crippen LogP contribution in [0.1, 0.15) is 42.2 Å². The number of hydrogen-bond acceptors (Lipinski definition) is 5. The molecule has 33 heavy (non-hydrogen) atoms. The number of rotatable bonds is 9. The molecule has 2 aliphatic rings. The molecule has 6 nitrogen and oxygen atoms in total. The molecule has 0 spiro atoms. The minimum Gasteiger partial charge on any atom is -0.488 e. The Balaban J connectivity index is 1.49. The second-order valence-electron chi connectivity index (χ2n) is 8.63. The topological polar surface area (TPSA) is 59.1 Å². The number of para-hydroxylation sites is 1. The summed E-state index contributed by atoms with van der Waals surface area (Å²) in [4.78, 5) is 31.2. The van der Waals surface area contributed by atoms with Crippen LogP contribution in [0.2, 0.25) is 0 Å². The summed E-state index contributed by atoms with van der Waals surface area (Å²) in [6.07, 6.45) is 4.66. The van der Waals surface area contributed by atoms with Gasteiger partial charge in [0.15, 0.2) is 11.6 Å². The van der Waals surface area contributed by atoms with Crippen LogP contribution >= 0.6 is 11.3 Å². The van der Waals surface area contributed by atoms with Crippen molar-refractivity contribution in [3.8, 4) is 5.75 Å². The zero-order valence-electron chi connectivity index (χ0n) is 19.0. The van der Waals surface area contributed by atoms with E-state index in [1.807, 2.05) is 11.4 Å². The highest BCUT2D eigenvalue weighted by Crippen LogP contribution is 2.34. The molecule has 4 rings (SSSR count). The fraction of sp³-hybridized carbons (Fsp3) is 0.520. The molecule has 0 saturated heterocycles. The molecular weight excluding hydrogens is 443 g/mol. The van der Waals surface area contributed by atoms with Gasteiger partial charge in [-0.2, -0.15) is 0 Å². The molecule has 2 amide bonds. The molecule has 0 unspecified atom stereocenters. The van der Waals surface area contributed by atoms with Crippen molar-refractivity contribution >= 4 is 23.2 Å². The largest absolute Gasteiger partial charge is 0.488 e. The van der Waals surface area contributed by atoms with Crippen molar-refractivity contribution in [2.75, 3.05) is 40.0 Å². The van der Waals surface area contributed by atoms with Crippen LogP contribution in [-0.4, -0.2) is 61.6 Å². The van der Waals surface area contributed by atoms with E-state index < -0.39 is 5.82 Å². The molecule has 1 saturated carbocycles. The molecule has 2 aromatic rings. The molecule has 0 bridgehead atoms. The summed E-state index contributed by atoms with van der Waals surface area (Å²) in [6, 6.07) is 7.98. The smallest absolute Gasteiger partial charge is 0.242 e. The molecule has 1 aliphatic carbocycles. The van der Waals surface area contributed by atoms with Crippen LogP contribution in [-0.2, 0) is 20.7 Å². The van der Waals surface area contributed by atoms with Crippen molar-refractivity contribution in [3.63, 3.8) is 0 Å². The van der Waals surface area contributed by atoms with Crippen molar-refractivity contribution in [3.05, 3.63) is 52.0 Å². The van der Waals surface area contributed by atoms with Crippen LogP contribution in [0, 0.1) is 11.7 Å². The van der Waals surface area contributed by atoms with Gasteiger partial charge in [0, 0.05) is 31.0 Å². The highest BCUT2D eigenvalue weighted by molar-refractivity contribution is 7.10. The Hall–Kier alpha value is -2.45. The van der Waals surface area contributed by atoms with Gasteiger partial charge < -0.3 is 19.3 Å². The monoisotopic (exact) mass is 474 g/mol. The maximum atomic E-state index is 14.1. The minimum atomic E-state index is -0.426. The first kappa shape index (κ1) is 23.7. The van der Waals surface area contributed by atoms with Gasteiger partial charge in [0.1, 0.15) is 6.61 Å². The number of hydrogen-bond donors (Lipinski definition) is 0. The molecule has 1 atom stereocenters. The number of halogens is 1. The maximum absolute atomic E-state index is 14.1. The maximum Gasteiger partial charge on any atom is 0.242 e. The van der Waals surface area contributed by atoms with Crippen LogP contribution < -0.4 is 4.74 Å². The third kappa shape index (κ3) is 5.55. The van der Waals surface area contributed by atoms with E-state index in [0.29, 0.717) is 19.7 Å². The number of fused-ring (bicyclic) bond motifs is 1. The molecule has 0 N–H and O–H groups in total. The number of thiophene rings is 1. The van der Waals surface area contributed by atoms with Gasteiger partial charge in [-0.15, -0.1) is 11.3 Å². The summed E-state index contributed by atoms with van der Waals surface area (Å²) in [6.45, 7) is 1.51. The van der Waals surface area contributed by atoms with E-state index in [-0.39, 0.29) is 42.7 Å². The number of nitrogens with zero attached hydrogens (tertiary/aromatic N) is 2. The van der Waals surface area contributed by atoms with E-state index in [9.17, 15) is 14.0 Å². The molecular formula is C25H31FN2O4S. The van der Waals surface area contributed by atoms with Gasteiger partial charge in [0.25, 0.3) is 0 Å². The van der Waals surface area contributed by atoms with Gasteiger partial charge in [0.2, 0.25) is 11.8 Å². The third-order valence-electron chi connectivity index (χ3n) is 6.56. The van der Waals surface area contributed by atoms with Crippen molar-refractivity contribution in [1.82, 2.24) is 9.80 Å². The van der Waals surface area contributed by atoms with Crippen LogP contribution in [0.25, 0.3) is 0 Å². The summed E-state index contributed by atoms with van der Waals surface area (Å²) in [5.74, 6) is -0.323. The lowest BCUT2D eigenvalue weighted by Crippen LogP contribution is -2.49. The van der Waals surface area contributed by atoms with Gasteiger partial charge in [-0.05, 0) is 48.4 Å². The summed E-state index contributed by atoms with van der Waals surface area (Å²) in [7, 11) is 1.60. The van der Waals surface area contributed by atoms with Gasteiger partial charge in [-0.3, -0.25) is 9.59 Å². The van der Waals surface area contributed by atoms with Crippen LogP contribution in [0.4, 0.5) is 4.39 Å². The average molecular weight is 475 g/mol. The summed E-state index contributed by atoms with van der Waals surface area (Å²) in [5, 5.41) is 2.02. The normalized spacial score (nSPS) is 18.2. The Morgan fingerprint density at radius 3 is 2.76 bits per heavy atom. The van der Waals surface area contributed by atoms with Gasteiger partial charge in [0.05, 0.1) is 19.2 Å². The quantitative estimate of drug-likeness (QED) is 0.550. The Kier molecular flexibility index (Phi) is 7.98. The SMILES string of the molecule is COCCN(CC(=O)N1CCc2sccc2[C@@H]1COc1ccccc1F)C(=O)C1CCCC1. The minimum absolute atomic E-state index is 0.000301. The first-order valence-corrected chi connectivity index (χ1v) is 12.5. The Morgan fingerprint density at radius 2 is 2.00 bits per heavy atom. The predicted octanol–water partition coefficient (Wildman–Crippen LogP) is 4.06. The zero-order chi connectivity index (χ0) is 23.2. The van der Waals surface area contributed by atoms with Gasteiger partial charge >= 0.3 is 0 Å². The average Bonchev–Trinajstić information content (AvgIpc) is 3.52. The number of amides is 2. The fourth-order valence-electron chi connectivity index (χ4n) is 4.76. The molecule has 2 heterocycles. The van der Waals surface area contributed by atoms with Crippen molar-refractivity contribution in [2.45, 2.75) is 38.1 Å². The standard InChI is InChI=1S/C25H31FN2O4S/c1-31-14-13-27(25(30)18-6-2-3-7-18)16-24(29)28-12-10-23-19(11-15-33-23)21(28)17-32-22-9-5-4-8-20(22)26/h4-5,8-9,11,15,18,21H,2-3,6-7,10,12-14,16-17H2,1H3/t21-/m0/s1. The summed E-state index contributed by atoms with van der Waals surface area (Å²) in [5.41, 5.74) is 1.04. The highest BCUT2D eigenvalue weighted by Gasteiger charge is 2.35. The number of benzene rings is 1. The van der Waals surface area contributed by atoms with E-state index >= 15 is 0 Å². The van der Waals surface area contributed by atoms with Crippen molar-refractivity contribution in [2.24, 2.45) is 5.92 Å². The molecule has 1 fully saturated rings. The van der Waals surface area contributed by atoms with Crippen molar-refractivity contribution < 1.29 is 23.5 Å². The lowest BCUT2D eigenvalue weighted by atomic mass is 10.00. The first-order chi connectivity index (χ1) is 16.1. The lowest BCUT2D eigenvalue weighted by Gasteiger charge is -2.37. The second-order valence-corrected chi connectivity index (χ2v) is 9.63. The van der Waals surface area contributed by atoms with E-state index in [4.69, 9.17) is 9.47 Å². The zero-order valence-corrected chi connectivity index (χ0v) is 19.8. The fourth-order valence-corrected chi connectivity index (χ4v) is 5.69. The lowest BCUT2D eigenvalue weighted by molar-refractivity contribution is -0.145. The van der Waals surface area contributed by atoms with E-state index in [0.717, 1.165) is 37.7 Å². The summed E-state index contributed by atoms with van der Waals surface area (Å²) >= 11 is 1.67. The van der Waals surface area contributed by atoms with Crippen LogP contribution in [0.3, 0.4) is 0 Å². The van der Waals surface area contributed by atoms with Gasteiger partial charge in [-0.1, -0.05) is 25.0 Å². The van der Waals surface area contributed by atoms with E-state index in [1.165, 1.54) is 10.9 Å². The molecule has 0 radical (unpaired) electrons. The van der Waals surface area contributed by atoms with E-state index in [2.05, 4.69) is 0 Å². The number of methoxy groups -OCH3 is 1. The van der Waals surface area contributed by atoms with Crippen LogP contribution in [0.15, 0.2) is 35.7 Å². The number of ether oxygens (including phenoxy) is 2. The molecule has 1 aromatic carbocycles. The molecule has 1 aromatic heterocycles. The number of carbonyl (C=O) groups excluding carboxylic acids is 2.